The van der Waals surface area contributed by atoms with Crippen molar-refractivity contribution >= 4 is 17.8 Å². The van der Waals surface area contributed by atoms with E-state index in [0.29, 0.717) is 17.1 Å². The van der Waals surface area contributed by atoms with Crippen LogP contribution in [0.3, 0.4) is 0 Å². The van der Waals surface area contributed by atoms with Crippen molar-refractivity contribution in [2.75, 3.05) is 6.61 Å². The summed E-state index contributed by atoms with van der Waals surface area (Å²) in [5.41, 5.74) is 1.80. The van der Waals surface area contributed by atoms with Gasteiger partial charge < -0.3 is 19.9 Å². The van der Waals surface area contributed by atoms with Crippen molar-refractivity contribution in [3.05, 3.63) is 59.7 Å². The average Bonchev–Trinajstić information content (AvgIpc) is 2.64. The molecule has 2 aromatic rings. The van der Waals surface area contributed by atoms with Crippen LogP contribution in [0.5, 0.6) is 11.5 Å². The van der Waals surface area contributed by atoms with E-state index in [2.05, 4.69) is 5.32 Å². The molecule has 0 aliphatic carbocycles. The lowest BCUT2D eigenvalue weighted by molar-refractivity contribution is -0.141. The predicted octanol–water partition coefficient (Wildman–Crippen LogP) is 2.50. The molecule has 1 atom stereocenters. The second-order valence-corrected chi connectivity index (χ2v) is 6.31. The van der Waals surface area contributed by atoms with Gasteiger partial charge in [-0.3, -0.25) is 9.59 Å². The summed E-state index contributed by atoms with van der Waals surface area (Å²) in [4.78, 5) is 34.4. The fourth-order valence-electron chi connectivity index (χ4n) is 2.46. The number of carbonyl (C=O) groups excluding carboxylic acids is 2. The Morgan fingerprint density at radius 3 is 2.18 bits per heavy atom. The van der Waals surface area contributed by atoms with Crippen LogP contribution < -0.4 is 14.8 Å². The number of carbonyl (C=O) groups is 3. The molecule has 0 aliphatic rings. The predicted molar refractivity (Wildman–Crippen MR) is 102 cm³/mol. The SMILES string of the molecule is CC(=O)Oc1ccc(CC(NC(=O)CCOc2ccc(C)cc2)C(=O)O)cc1. The molecule has 148 valence electrons. The summed E-state index contributed by atoms with van der Waals surface area (Å²) >= 11 is 0. The second-order valence-electron chi connectivity index (χ2n) is 6.31. The van der Waals surface area contributed by atoms with E-state index in [1.807, 2.05) is 31.2 Å². The minimum Gasteiger partial charge on any atom is -0.493 e. The number of aliphatic carboxylic acids is 1. The van der Waals surface area contributed by atoms with Gasteiger partial charge in [0.15, 0.2) is 0 Å². The number of ether oxygens (including phenoxy) is 2. The van der Waals surface area contributed by atoms with Gasteiger partial charge in [0.2, 0.25) is 5.91 Å². The first kappa shape index (κ1) is 21.0. The summed E-state index contributed by atoms with van der Waals surface area (Å²) in [5, 5.41) is 11.9. The van der Waals surface area contributed by atoms with Gasteiger partial charge in [0.25, 0.3) is 0 Å². The fourth-order valence-corrected chi connectivity index (χ4v) is 2.46. The van der Waals surface area contributed by atoms with Crippen LogP contribution in [0.15, 0.2) is 48.5 Å². The van der Waals surface area contributed by atoms with Gasteiger partial charge in [-0.05, 0) is 36.8 Å². The topological polar surface area (TPSA) is 102 Å². The molecule has 0 aliphatic heterocycles. The summed E-state index contributed by atoms with van der Waals surface area (Å²) in [7, 11) is 0. The Balaban J connectivity index is 1.84. The number of carboxylic acid groups (broad SMARTS) is 1. The van der Waals surface area contributed by atoms with E-state index in [-0.39, 0.29) is 19.4 Å². The summed E-state index contributed by atoms with van der Waals surface area (Å²) in [6.07, 6.45) is 0.156. The monoisotopic (exact) mass is 385 g/mol. The normalized spacial score (nSPS) is 11.4. The van der Waals surface area contributed by atoms with Crippen molar-refractivity contribution in [3.63, 3.8) is 0 Å². The molecule has 0 fully saturated rings. The number of amides is 1. The summed E-state index contributed by atoms with van der Waals surface area (Å²) in [6, 6.07) is 12.8. The smallest absolute Gasteiger partial charge is 0.326 e. The number of aryl methyl sites for hydroxylation is 1. The molecule has 7 heteroatoms. The average molecular weight is 385 g/mol. The number of carboxylic acids is 1. The van der Waals surface area contributed by atoms with E-state index in [1.165, 1.54) is 6.92 Å². The van der Waals surface area contributed by atoms with Crippen LogP contribution in [0.4, 0.5) is 0 Å². The highest BCUT2D eigenvalue weighted by Crippen LogP contribution is 2.14. The zero-order chi connectivity index (χ0) is 20.5. The van der Waals surface area contributed by atoms with E-state index in [1.54, 1.807) is 24.3 Å². The Bertz CT molecular complexity index is 814. The Hall–Kier alpha value is -3.35. The lowest BCUT2D eigenvalue weighted by Crippen LogP contribution is -2.42. The van der Waals surface area contributed by atoms with Crippen molar-refractivity contribution in [3.8, 4) is 11.5 Å². The number of rotatable bonds is 9. The molecule has 0 bridgehead atoms. The molecule has 2 aromatic carbocycles. The Morgan fingerprint density at radius 2 is 1.61 bits per heavy atom. The molecule has 0 aromatic heterocycles. The first-order chi connectivity index (χ1) is 13.3. The van der Waals surface area contributed by atoms with Gasteiger partial charge >= 0.3 is 11.9 Å². The first-order valence-electron chi connectivity index (χ1n) is 8.82. The molecule has 2 rings (SSSR count). The van der Waals surface area contributed by atoms with Crippen LogP contribution >= 0.6 is 0 Å². The van der Waals surface area contributed by atoms with Gasteiger partial charge in [0.05, 0.1) is 13.0 Å². The van der Waals surface area contributed by atoms with E-state index in [0.717, 1.165) is 5.56 Å². The number of hydrogen-bond donors (Lipinski definition) is 2. The summed E-state index contributed by atoms with van der Waals surface area (Å²) < 4.78 is 10.4. The van der Waals surface area contributed by atoms with Crippen molar-refractivity contribution < 1.29 is 29.0 Å². The van der Waals surface area contributed by atoms with Gasteiger partial charge in [-0.2, -0.15) is 0 Å². The number of nitrogens with one attached hydrogen (secondary N) is 1. The van der Waals surface area contributed by atoms with Crippen LogP contribution in [-0.4, -0.2) is 35.6 Å². The highest BCUT2D eigenvalue weighted by atomic mass is 16.5. The van der Waals surface area contributed by atoms with Gasteiger partial charge in [0, 0.05) is 13.3 Å². The van der Waals surface area contributed by atoms with Gasteiger partial charge in [-0.25, -0.2) is 4.79 Å². The number of benzene rings is 2. The standard InChI is InChI=1S/C21H23NO6/c1-14-3-7-17(8-4-14)27-12-11-20(24)22-19(21(25)26)13-16-5-9-18(10-6-16)28-15(2)23/h3-10,19H,11-13H2,1-2H3,(H,22,24)(H,25,26). The summed E-state index contributed by atoms with van der Waals surface area (Å²) in [6.45, 7) is 3.41. The minimum absolute atomic E-state index is 0.0447. The van der Waals surface area contributed by atoms with E-state index >= 15 is 0 Å². The maximum atomic E-state index is 12.1. The minimum atomic E-state index is -1.13. The summed E-state index contributed by atoms with van der Waals surface area (Å²) in [5.74, 6) is -0.939. The zero-order valence-corrected chi connectivity index (χ0v) is 15.8. The van der Waals surface area contributed by atoms with Crippen LogP contribution in [0.2, 0.25) is 0 Å². The Morgan fingerprint density at radius 1 is 1.00 bits per heavy atom. The largest absolute Gasteiger partial charge is 0.493 e. The van der Waals surface area contributed by atoms with Crippen LogP contribution in [0.1, 0.15) is 24.5 Å². The van der Waals surface area contributed by atoms with Crippen molar-refractivity contribution in [1.82, 2.24) is 5.32 Å². The molecule has 28 heavy (non-hydrogen) atoms. The molecule has 1 unspecified atom stereocenters. The quantitative estimate of drug-likeness (QED) is 0.508. The third-order valence-corrected chi connectivity index (χ3v) is 3.88. The third-order valence-electron chi connectivity index (χ3n) is 3.88. The molecule has 2 N–H and O–H groups in total. The Kier molecular flexibility index (Phi) is 7.56. The van der Waals surface area contributed by atoms with Crippen LogP contribution in [0.25, 0.3) is 0 Å². The highest BCUT2D eigenvalue weighted by Gasteiger charge is 2.20. The number of hydrogen-bond acceptors (Lipinski definition) is 5. The highest BCUT2D eigenvalue weighted by molar-refractivity contribution is 5.83. The molecule has 0 spiro atoms. The molecule has 0 saturated heterocycles. The van der Waals surface area contributed by atoms with Crippen molar-refractivity contribution in [1.29, 1.82) is 0 Å². The maximum absolute atomic E-state index is 12.1. The molecule has 7 nitrogen and oxygen atoms in total. The zero-order valence-electron chi connectivity index (χ0n) is 15.8. The van der Waals surface area contributed by atoms with Crippen LogP contribution in [-0.2, 0) is 20.8 Å². The van der Waals surface area contributed by atoms with Gasteiger partial charge in [0.1, 0.15) is 17.5 Å². The fraction of sp³-hybridized carbons (Fsp3) is 0.286. The van der Waals surface area contributed by atoms with Crippen LogP contribution in [0, 0.1) is 6.92 Å². The molecular weight excluding hydrogens is 362 g/mol. The molecule has 0 saturated carbocycles. The number of esters is 1. The molecular formula is C21H23NO6. The van der Waals surface area contributed by atoms with E-state index < -0.39 is 23.9 Å². The Labute approximate surface area is 163 Å². The van der Waals surface area contributed by atoms with Gasteiger partial charge in [-0.15, -0.1) is 0 Å². The third kappa shape index (κ3) is 7.11. The second kappa shape index (κ2) is 10.1. The van der Waals surface area contributed by atoms with Crippen molar-refractivity contribution in [2.45, 2.75) is 32.7 Å². The van der Waals surface area contributed by atoms with E-state index in [4.69, 9.17) is 9.47 Å². The van der Waals surface area contributed by atoms with Gasteiger partial charge in [-0.1, -0.05) is 29.8 Å². The lowest BCUT2D eigenvalue weighted by Gasteiger charge is -2.15. The van der Waals surface area contributed by atoms with Crippen molar-refractivity contribution in [2.24, 2.45) is 0 Å². The lowest BCUT2D eigenvalue weighted by atomic mass is 10.1. The van der Waals surface area contributed by atoms with E-state index in [9.17, 15) is 19.5 Å². The molecule has 0 radical (unpaired) electrons. The first-order valence-corrected chi connectivity index (χ1v) is 8.82. The maximum Gasteiger partial charge on any atom is 0.326 e. The molecule has 0 heterocycles. The molecule has 1 amide bonds.